The number of fused-ring (bicyclic) bond motifs is 1. The quantitative estimate of drug-likeness (QED) is 0.773. The molecule has 1 aromatic heterocycles. The fraction of sp³-hybridized carbons (Fsp3) is 0.727. The molecule has 0 saturated heterocycles. The zero-order valence-electron chi connectivity index (χ0n) is 9.30. The van der Waals surface area contributed by atoms with Crippen LogP contribution in [-0.4, -0.2) is 16.3 Å². The monoisotopic (exact) mass is 193 g/mol. The van der Waals surface area contributed by atoms with Gasteiger partial charge in [-0.25, -0.2) is 0 Å². The number of hydrogen-bond acceptors (Lipinski definition) is 2. The van der Waals surface area contributed by atoms with Crippen LogP contribution in [0.25, 0.3) is 0 Å². The molecule has 1 aromatic rings. The summed E-state index contributed by atoms with van der Waals surface area (Å²) in [4.78, 5) is 0. The Labute approximate surface area is 85.5 Å². The van der Waals surface area contributed by atoms with E-state index in [1.807, 2.05) is 0 Å². The molecule has 2 heterocycles. The van der Waals surface area contributed by atoms with Crippen molar-refractivity contribution in [3.8, 4) is 0 Å². The Morgan fingerprint density at radius 2 is 2.36 bits per heavy atom. The lowest BCUT2D eigenvalue weighted by Gasteiger charge is -2.16. The van der Waals surface area contributed by atoms with Crippen LogP contribution in [0.1, 0.15) is 43.1 Å². The van der Waals surface area contributed by atoms with Crippen molar-refractivity contribution in [2.24, 2.45) is 7.05 Å². The van der Waals surface area contributed by atoms with E-state index in [-0.39, 0.29) is 0 Å². The first kappa shape index (κ1) is 9.71. The smallest absolute Gasteiger partial charge is 0.0685 e. The number of hydrogen-bond donors (Lipinski definition) is 1. The average molecular weight is 193 g/mol. The highest BCUT2D eigenvalue weighted by Gasteiger charge is 2.21. The Hall–Kier alpha value is -0.830. The van der Waals surface area contributed by atoms with E-state index in [1.54, 1.807) is 0 Å². The van der Waals surface area contributed by atoms with E-state index >= 15 is 0 Å². The van der Waals surface area contributed by atoms with Gasteiger partial charge in [-0.05, 0) is 12.3 Å². The molecule has 0 amide bonds. The molecule has 1 aliphatic heterocycles. The summed E-state index contributed by atoms with van der Waals surface area (Å²) in [5.41, 5.74) is 4.18. The lowest BCUT2D eigenvalue weighted by Crippen LogP contribution is -2.23. The molecular formula is C11H19N3. The summed E-state index contributed by atoms with van der Waals surface area (Å²) in [7, 11) is 2.07. The molecule has 14 heavy (non-hydrogen) atoms. The first-order valence-corrected chi connectivity index (χ1v) is 5.49. The lowest BCUT2D eigenvalue weighted by atomic mass is 9.97. The molecule has 3 heteroatoms. The molecule has 78 valence electrons. The Kier molecular flexibility index (Phi) is 2.59. The number of nitrogens with zero attached hydrogens (tertiary/aromatic N) is 2. The molecule has 0 bridgehead atoms. The predicted molar refractivity (Wildman–Crippen MR) is 57.3 cm³/mol. The normalized spacial score (nSPS) is 17.9. The van der Waals surface area contributed by atoms with Crippen LogP contribution >= 0.6 is 0 Å². The summed E-state index contributed by atoms with van der Waals surface area (Å²) in [6.07, 6.45) is 2.27. The van der Waals surface area contributed by atoms with Crippen LogP contribution in [0, 0.1) is 0 Å². The molecule has 0 aromatic carbocycles. The minimum Gasteiger partial charge on any atom is -0.312 e. The first-order valence-electron chi connectivity index (χ1n) is 5.49. The van der Waals surface area contributed by atoms with Gasteiger partial charge < -0.3 is 5.32 Å². The maximum atomic E-state index is 4.60. The van der Waals surface area contributed by atoms with Gasteiger partial charge in [0.1, 0.15) is 0 Å². The topological polar surface area (TPSA) is 29.9 Å². The van der Waals surface area contributed by atoms with E-state index in [4.69, 9.17) is 0 Å². The Balaban J connectivity index is 2.42. The van der Waals surface area contributed by atoms with Crippen LogP contribution in [0.5, 0.6) is 0 Å². The third kappa shape index (κ3) is 1.46. The standard InChI is InChI=1S/C11H19N3/c1-4-8(2)11-9-7-12-6-5-10(9)13-14(11)3/h8,12H,4-7H2,1-3H3. The second kappa shape index (κ2) is 3.73. The fourth-order valence-corrected chi connectivity index (χ4v) is 2.26. The van der Waals surface area contributed by atoms with Crippen molar-refractivity contribution in [2.75, 3.05) is 6.54 Å². The van der Waals surface area contributed by atoms with Crippen LogP contribution < -0.4 is 5.32 Å². The molecule has 0 aliphatic carbocycles. The van der Waals surface area contributed by atoms with Gasteiger partial charge in [-0.15, -0.1) is 0 Å². The van der Waals surface area contributed by atoms with Gasteiger partial charge >= 0.3 is 0 Å². The van der Waals surface area contributed by atoms with Gasteiger partial charge in [-0.2, -0.15) is 5.10 Å². The van der Waals surface area contributed by atoms with Crippen molar-refractivity contribution >= 4 is 0 Å². The summed E-state index contributed by atoms with van der Waals surface area (Å²) in [5, 5.41) is 8.02. The van der Waals surface area contributed by atoms with Crippen molar-refractivity contribution in [1.29, 1.82) is 0 Å². The summed E-state index contributed by atoms with van der Waals surface area (Å²) in [5.74, 6) is 0.621. The van der Waals surface area contributed by atoms with E-state index in [0.717, 1.165) is 19.5 Å². The zero-order chi connectivity index (χ0) is 10.1. The van der Waals surface area contributed by atoms with E-state index in [9.17, 15) is 0 Å². The summed E-state index contributed by atoms with van der Waals surface area (Å²) in [6.45, 7) is 6.60. The maximum Gasteiger partial charge on any atom is 0.0685 e. The van der Waals surface area contributed by atoms with Gasteiger partial charge in [-0.1, -0.05) is 13.8 Å². The van der Waals surface area contributed by atoms with Crippen molar-refractivity contribution in [3.63, 3.8) is 0 Å². The number of aryl methyl sites for hydroxylation is 1. The van der Waals surface area contributed by atoms with E-state index < -0.39 is 0 Å². The highest BCUT2D eigenvalue weighted by atomic mass is 15.3. The number of nitrogens with one attached hydrogen (secondary N) is 1. The van der Waals surface area contributed by atoms with Gasteiger partial charge in [0.05, 0.1) is 5.69 Å². The Morgan fingerprint density at radius 3 is 3.07 bits per heavy atom. The van der Waals surface area contributed by atoms with Gasteiger partial charge in [-0.3, -0.25) is 4.68 Å². The van der Waals surface area contributed by atoms with Crippen molar-refractivity contribution in [3.05, 3.63) is 17.0 Å². The van der Waals surface area contributed by atoms with E-state index in [1.165, 1.54) is 23.4 Å². The molecular weight excluding hydrogens is 174 g/mol. The third-order valence-corrected chi connectivity index (χ3v) is 3.20. The fourth-order valence-electron chi connectivity index (χ4n) is 2.26. The summed E-state index contributed by atoms with van der Waals surface area (Å²) >= 11 is 0. The number of aromatic nitrogens is 2. The van der Waals surface area contributed by atoms with Gasteiger partial charge in [0.25, 0.3) is 0 Å². The second-order valence-electron chi connectivity index (χ2n) is 4.17. The highest BCUT2D eigenvalue weighted by molar-refractivity contribution is 5.30. The molecule has 0 spiro atoms. The third-order valence-electron chi connectivity index (χ3n) is 3.20. The SMILES string of the molecule is CCC(C)c1c2c(nn1C)CCNC2. The van der Waals surface area contributed by atoms with Crippen LogP contribution in [-0.2, 0) is 20.0 Å². The molecule has 3 nitrogen and oxygen atoms in total. The molecule has 0 saturated carbocycles. The van der Waals surface area contributed by atoms with E-state index in [0.29, 0.717) is 5.92 Å². The molecule has 0 fully saturated rings. The first-order chi connectivity index (χ1) is 6.74. The highest BCUT2D eigenvalue weighted by Crippen LogP contribution is 2.26. The zero-order valence-corrected chi connectivity index (χ0v) is 9.30. The molecule has 1 aliphatic rings. The summed E-state index contributed by atoms with van der Waals surface area (Å²) < 4.78 is 2.08. The number of rotatable bonds is 2. The van der Waals surface area contributed by atoms with Crippen LogP contribution in [0.2, 0.25) is 0 Å². The molecule has 1 N–H and O–H groups in total. The average Bonchev–Trinajstić information content (AvgIpc) is 2.53. The molecule has 0 radical (unpaired) electrons. The van der Waals surface area contributed by atoms with Crippen LogP contribution in [0.3, 0.4) is 0 Å². The van der Waals surface area contributed by atoms with E-state index in [2.05, 4.69) is 36.0 Å². The van der Waals surface area contributed by atoms with Crippen molar-refractivity contribution in [1.82, 2.24) is 15.1 Å². The van der Waals surface area contributed by atoms with Gasteiger partial charge in [0.15, 0.2) is 0 Å². The lowest BCUT2D eigenvalue weighted by molar-refractivity contribution is 0.612. The molecule has 1 atom stereocenters. The summed E-state index contributed by atoms with van der Waals surface area (Å²) in [6, 6.07) is 0. The van der Waals surface area contributed by atoms with Crippen molar-refractivity contribution in [2.45, 2.75) is 39.2 Å². The van der Waals surface area contributed by atoms with Crippen molar-refractivity contribution < 1.29 is 0 Å². The van der Waals surface area contributed by atoms with Crippen LogP contribution in [0.15, 0.2) is 0 Å². The van der Waals surface area contributed by atoms with Gasteiger partial charge in [0, 0.05) is 37.8 Å². The second-order valence-corrected chi connectivity index (χ2v) is 4.17. The minimum absolute atomic E-state index is 0.621. The Morgan fingerprint density at radius 1 is 1.57 bits per heavy atom. The minimum atomic E-state index is 0.621. The molecule has 1 unspecified atom stereocenters. The maximum absolute atomic E-state index is 4.60. The van der Waals surface area contributed by atoms with Crippen LogP contribution in [0.4, 0.5) is 0 Å². The predicted octanol–water partition coefficient (Wildman–Crippen LogP) is 1.58. The largest absolute Gasteiger partial charge is 0.312 e. The van der Waals surface area contributed by atoms with Gasteiger partial charge in [0.2, 0.25) is 0 Å². The Bertz CT molecular complexity index is 328. The molecule has 2 rings (SSSR count).